The molecule has 0 fully saturated rings. The van der Waals surface area contributed by atoms with E-state index in [2.05, 4.69) is 20.6 Å². The predicted octanol–water partition coefficient (Wildman–Crippen LogP) is 3.65. The molecular weight excluding hydrogens is 429 g/mol. The Morgan fingerprint density at radius 2 is 1.76 bits per heavy atom. The van der Waals surface area contributed by atoms with Gasteiger partial charge in [-0.15, -0.1) is 10.2 Å². The summed E-state index contributed by atoms with van der Waals surface area (Å²) in [5.74, 6) is 0.269. The minimum absolute atomic E-state index is 0.0946. The van der Waals surface area contributed by atoms with Crippen LogP contribution in [-0.4, -0.2) is 47.0 Å². The van der Waals surface area contributed by atoms with Gasteiger partial charge in [-0.05, 0) is 48.9 Å². The summed E-state index contributed by atoms with van der Waals surface area (Å²) >= 11 is 0. The highest BCUT2D eigenvalue weighted by Gasteiger charge is 2.23. The highest BCUT2D eigenvalue weighted by Crippen LogP contribution is 2.35. The topological polar surface area (TPSA) is 99.9 Å². The Morgan fingerprint density at radius 3 is 2.42 bits per heavy atom. The number of aromatic nitrogens is 4. The third-order valence-electron chi connectivity index (χ3n) is 5.11. The van der Waals surface area contributed by atoms with Gasteiger partial charge in [0.05, 0.1) is 37.8 Å². The van der Waals surface area contributed by atoms with Crippen molar-refractivity contribution < 1.29 is 23.4 Å². The van der Waals surface area contributed by atoms with Crippen LogP contribution < -0.4 is 14.8 Å². The van der Waals surface area contributed by atoms with Gasteiger partial charge in [0.25, 0.3) is 5.91 Å². The number of nitrogens with one attached hydrogen (secondary N) is 1. The van der Waals surface area contributed by atoms with E-state index in [-0.39, 0.29) is 12.3 Å². The first-order chi connectivity index (χ1) is 16.0. The normalized spacial score (nSPS) is 10.9. The fourth-order valence-electron chi connectivity index (χ4n) is 3.51. The summed E-state index contributed by atoms with van der Waals surface area (Å²) in [5.41, 5.74) is 3.60. The van der Waals surface area contributed by atoms with Gasteiger partial charge in [-0.2, -0.15) is 5.10 Å². The number of hydrogen-bond donors (Lipinski definition) is 1. The van der Waals surface area contributed by atoms with Crippen molar-refractivity contribution >= 4 is 17.2 Å². The molecule has 4 aromatic rings. The maximum atomic E-state index is 13.1. The Kier molecular flexibility index (Phi) is 6.18. The van der Waals surface area contributed by atoms with Crippen molar-refractivity contribution in [1.29, 1.82) is 0 Å². The van der Waals surface area contributed by atoms with Crippen molar-refractivity contribution in [2.75, 3.05) is 26.6 Å². The zero-order valence-electron chi connectivity index (χ0n) is 18.5. The van der Waals surface area contributed by atoms with Crippen molar-refractivity contribution in [3.8, 4) is 22.6 Å². The number of amides is 1. The van der Waals surface area contributed by atoms with E-state index >= 15 is 0 Å². The fourth-order valence-corrected chi connectivity index (χ4v) is 3.51. The minimum atomic E-state index is -0.482. The summed E-state index contributed by atoms with van der Waals surface area (Å²) < 4.78 is 30.8. The molecule has 0 aliphatic carbocycles. The molecule has 4 rings (SSSR count). The summed E-state index contributed by atoms with van der Waals surface area (Å²) in [4.78, 5) is 12.8. The molecule has 0 bridgehead atoms. The Hall–Kier alpha value is -4.05. The second-order valence-corrected chi connectivity index (χ2v) is 7.15. The maximum absolute atomic E-state index is 13.1. The molecule has 0 atom stereocenters. The van der Waals surface area contributed by atoms with Crippen molar-refractivity contribution in [3.63, 3.8) is 0 Å². The summed E-state index contributed by atoms with van der Waals surface area (Å²) in [6.07, 6.45) is 0. The van der Waals surface area contributed by atoms with Crippen molar-refractivity contribution in [2.45, 2.75) is 13.5 Å². The molecule has 0 unspecified atom stereocenters. The number of nitrogens with zero attached hydrogens (tertiary/aromatic N) is 4. The lowest BCUT2D eigenvalue weighted by molar-refractivity contribution is 0.102. The highest BCUT2D eigenvalue weighted by molar-refractivity contribution is 6.03. The minimum Gasteiger partial charge on any atom is -0.493 e. The van der Waals surface area contributed by atoms with Gasteiger partial charge in [0, 0.05) is 12.8 Å². The molecule has 33 heavy (non-hydrogen) atoms. The van der Waals surface area contributed by atoms with Crippen LogP contribution in [0.1, 0.15) is 21.9 Å². The third-order valence-corrected chi connectivity index (χ3v) is 5.11. The quantitative estimate of drug-likeness (QED) is 0.458. The molecule has 2 heterocycles. The van der Waals surface area contributed by atoms with E-state index < -0.39 is 11.7 Å². The van der Waals surface area contributed by atoms with E-state index in [4.69, 9.17) is 14.2 Å². The van der Waals surface area contributed by atoms with Crippen molar-refractivity contribution in [1.82, 2.24) is 19.8 Å². The molecule has 0 saturated heterocycles. The summed E-state index contributed by atoms with van der Waals surface area (Å²) in [6, 6.07) is 10.9. The number of fused-ring (bicyclic) bond motifs is 1. The molecule has 0 radical (unpaired) electrons. The van der Waals surface area contributed by atoms with E-state index in [9.17, 15) is 9.18 Å². The molecule has 2 aromatic carbocycles. The standard InChI is InChI=1S/C23H22FN5O4/c1-13-21(23(30)25-16-8-6-15(24)7-9-16)26-27-22-20(17(12-31-2)28-29(13)22)14-5-10-18(32-3)19(11-14)33-4/h5-11H,12H2,1-4H3,(H,25,30). The number of carbonyl (C=O) groups is 1. The molecule has 0 saturated carbocycles. The Bertz CT molecular complexity index is 1320. The smallest absolute Gasteiger partial charge is 0.278 e. The molecule has 2 aromatic heterocycles. The van der Waals surface area contributed by atoms with E-state index in [1.165, 1.54) is 24.3 Å². The van der Waals surface area contributed by atoms with Gasteiger partial charge in [0.15, 0.2) is 22.8 Å². The van der Waals surface area contributed by atoms with Gasteiger partial charge in [0.2, 0.25) is 0 Å². The SMILES string of the molecule is COCc1nn2c(C)c(C(=O)Nc3ccc(F)cc3)nnc2c1-c1ccc(OC)c(OC)c1. The van der Waals surface area contributed by atoms with Crippen LogP contribution in [0.15, 0.2) is 42.5 Å². The Labute approximate surface area is 189 Å². The highest BCUT2D eigenvalue weighted by atomic mass is 19.1. The van der Waals surface area contributed by atoms with E-state index in [0.29, 0.717) is 39.8 Å². The zero-order chi connectivity index (χ0) is 23.5. The van der Waals surface area contributed by atoms with E-state index in [1.54, 1.807) is 38.8 Å². The number of aryl methyl sites for hydroxylation is 1. The van der Waals surface area contributed by atoms with Gasteiger partial charge >= 0.3 is 0 Å². The van der Waals surface area contributed by atoms with Crippen LogP contribution in [0.5, 0.6) is 11.5 Å². The molecule has 10 heteroatoms. The van der Waals surface area contributed by atoms with Crippen LogP contribution in [-0.2, 0) is 11.3 Å². The number of methoxy groups -OCH3 is 3. The number of anilines is 1. The molecule has 0 aliphatic heterocycles. The summed E-state index contributed by atoms with van der Waals surface area (Å²) in [7, 11) is 4.70. The summed E-state index contributed by atoms with van der Waals surface area (Å²) in [5, 5.41) is 15.8. The monoisotopic (exact) mass is 451 g/mol. The zero-order valence-corrected chi connectivity index (χ0v) is 18.5. The second kappa shape index (κ2) is 9.21. The van der Waals surface area contributed by atoms with Gasteiger partial charge < -0.3 is 19.5 Å². The number of halogens is 1. The predicted molar refractivity (Wildman–Crippen MR) is 119 cm³/mol. The molecule has 9 nitrogen and oxygen atoms in total. The first kappa shape index (κ1) is 22.2. The van der Waals surface area contributed by atoms with Gasteiger partial charge in [0.1, 0.15) is 5.82 Å². The van der Waals surface area contributed by atoms with Crippen LogP contribution in [0.2, 0.25) is 0 Å². The Balaban J connectivity index is 1.79. The molecule has 0 spiro atoms. The van der Waals surface area contributed by atoms with E-state index in [0.717, 1.165) is 5.56 Å². The molecule has 0 aliphatic rings. The van der Waals surface area contributed by atoms with Crippen molar-refractivity contribution in [2.24, 2.45) is 0 Å². The lowest BCUT2D eigenvalue weighted by atomic mass is 10.1. The average molecular weight is 451 g/mol. The molecular formula is C23H22FN5O4. The number of hydrogen-bond acceptors (Lipinski definition) is 7. The van der Waals surface area contributed by atoms with Gasteiger partial charge in [-0.3, -0.25) is 4.79 Å². The van der Waals surface area contributed by atoms with Gasteiger partial charge in [-0.25, -0.2) is 8.91 Å². The third kappa shape index (κ3) is 4.20. The van der Waals surface area contributed by atoms with E-state index in [1.807, 2.05) is 12.1 Å². The van der Waals surface area contributed by atoms with Crippen molar-refractivity contribution in [3.05, 3.63) is 65.4 Å². The largest absolute Gasteiger partial charge is 0.493 e. The van der Waals surface area contributed by atoms with Crippen LogP contribution in [0.25, 0.3) is 16.8 Å². The maximum Gasteiger partial charge on any atom is 0.278 e. The number of ether oxygens (including phenoxy) is 3. The molecule has 170 valence electrons. The lowest BCUT2D eigenvalue weighted by Gasteiger charge is -2.10. The van der Waals surface area contributed by atoms with Crippen LogP contribution in [0.4, 0.5) is 10.1 Å². The lowest BCUT2D eigenvalue weighted by Crippen LogP contribution is -2.18. The molecule has 1 amide bonds. The van der Waals surface area contributed by atoms with Crippen LogP contribution >= 0.6 is 0 Å². The fraction of sp³-hybridized carbons (Fsp3) is 0.217. The first-order valence-corrected chi connectivity index (χ1v) is 10.00. The number of benzene rings is 2. The number of rotatable bonds is 7. The average Bonchev–Trinajstić information content (AvgIpc) is 3.19. The van der Waals surface area contributed by atoms with Gasteiger partial charge in [-0.1, -0.05) is 6.07 Å². The first-order valence-electron chi connectivity index (χ1n) is 10.00. The second-order valence-electron chi connectivity index (χ2n) is 7.15. The number of carbonyl (C=O) groups excluding carboxylic acids is 1. The molecule has 1 N–H and O–H groups in total. The summed E-state index contributed by atoms with van der Waals surface area (Å²) in [6.45, 7) is 1.95. The van der Waals surface area contributed by atoms with Crippen LogP contribution in [0.3, 0.4) is 0 Å². The van der Waals surface area contributed by atoms with Crippen LogP contribution in [0, 0.1) is 12.7 Å². The Morgan fingerprint density at radius 1 is 1.03 bits per heavy atom.